The zero-order chi connectivity index (χ0) is 16.2. The van der Waals surface area contributed by atoms with Crippen molar-refractivity contribution in [3.8, 4) is 0 Å². The molecule has 0 radical (unpaired) electrons. The molecule has 1 aliphatic rings. The molecule has 1 saturated heterocycles. The van der Waals surface area contributed by atoms with Gasteiger partial charge in [-0.25, -0.2) is 4.79 Å². The third-order valence-corrected chi connectivity index (χ3v) is 5.19. The first kappa shape index (κ1) is 17.8. The number of carbonyl (C=O) groups excluding carboxylic acids is 1. The van der Waals surface area contributed by atoms with Crippen molar-refractivity contribution >= 4 is 33.4 Å². The molecule has 1 fully saturated rings. The van der Waals surface area contributed by atoms with Crippen LogP contribution in [0.25, 0.3) is 0 Å². The van der Waals surface area contributed by atoms with Crippen molar-refractivity contribution in [1.29, 1.82) is 0 Å². The van der Waals surface area contributed by atoms with Crippen molar-refractivity contribution in [3.05, 3.63) is 20.8 Å². The van der Waals surface area contributed by atoms with E-state index >= 15 is 0 Å². The van der Waals surface area contributed by atoms with Gasteiger partial charge in [-0.3, -0.25) is 0 Å². The summed E-state index contributed by atoms with van der Waals surface area (Å²) in [6, 6.07) is 4.41. The molecule has 1 aromatic heterocycles. The van der Waals surface area contributed by atoms with Gasteiger partial charge in [0.25, 0.3) is 0 Å². The predicted octanol–water partition coefficient (Wildman–Crippen LogP) is 4.39. The molecule has 1 unspecified atom stereocenters. The molecule has 0 saturated carbocycles. The second-order valence-electron chi connectivity index (χ2n) is 6.66. The summed E-state index contributed by atoms with van der Waals surface area (Å²) in [6.07, 6.45) is 3.10. The molecule has 1 aromatic rings. The summed E-state index contributed by atoms with van der Waals surface area (Å²) in [5.74, 6) is 0. The van der Waals surface area contributed by atoms with Crippen LogP contribution in [0.3, 0.4) is 0 Å². The van der Waals surface area contributed by atoms with E-state index in [0.29, 0.717) is 0 Å². The van der Waals surface area contributed by atoms with Gasteiger partial charge in [-0.1, -0.05) is 0 Å². The molecule has 0 aromatic carbocycles. The van der Waals surface area contributed by atoms with Crippen molar-refractivity contribution in [1.82, 2.24) is 10.2 Å². The number of ether oxygens (including phenoxy) is 1. The summed E-state index contributed by atoms with van der Waals surface area (Å²) >= 11 is 5.22. The maximum absolute atomic E-state index is 12.3. The minimum Gasteiger partial charge on any atom is -0.444 e. The van der Waals surface area contributed by atoms with Gasteiger partial charge in [0.1, 0.15) is 5.60 Å². The number of carbonyl (C=O) groups is 1. The molecule has 1 atom stereocenters. The number of likely N-dealkylation sites (tertiary alicyclic amines) is 1. The van der Waals surface area contributed by atoms with Crippen LogP contribution in [0, 0.1) is 0 Å². The van der Waals surface area contributed by atoms with Crippen LogP contribution in [0.15, 0.2) is 15.9 Å². The van der Waals surface area contributed by atoms with Gasteiger partial charge in [0.2, 0.25) is 0 Å². The summed E-state index contributed by atoms with van der Waals surface area (Å²) in [7, 11) is 0. The van der Waals surface area contributed by atoms with Crippen LogP contribution in [0.2, 0.25) is 0 Å². The van der Waals surface area contributed by atoms with Gasteiger partial charge in [-0.05, 0) is 68.1 Å². The fourth-order valence-corrected chi connectivity index (χ4v) is 4.04. The van der Waals surface area contributed by atoms with Crippen LogP contribution in [-0.4, -0.2) is 35.7 Å². The highest BCUT2D eigenvalue weighted by atomic mass is 79.9. The lowest BCUT2D eigenvalue weighted by Gasteiger charge is -2.36. The molecule has 1 amide bonds. The topological polar surface area (TPSA) is 41.6 Å². The second kappa shape index (κ2) is 7.79. The molecule has 22 heavy (non-hydrogen) atoms. The maximum Gasteiger partial charge on any atom is 0.410 e. The normalized spacial score (nSPS) is 19.3. The number of piperidine rings is 1. The fourth-order valence-electron chi connectivity index (χ4n) is 2.58. The van der Waals surface area contributed by atoms with E-state index in [1.54, 1.807) is 11.3 Å². The van der Waals surface area contributed by atoms with E-state index in [4.69, 9.17) is 4.74 Å². The molecule has 1 N–H and O–H groups in total. The largest absolute Gasteiger partial charge is 0.444 e. The van der Waals surface area contributed by atoms with Gasteiger partial charge >= 0.3 is 6.09 Å². The highest BCUT2D eigenvalue weighted by Gasteiger charge is 2.30. The summed E-state index contributed by atoms with van der Waals surface area (Å²) in [5.41, 5.74) is -0.435. The second-order valence-corrected chi connectivity index (χ2v) is 9.21. The Morgan fingerprint density at radius 3 is 2.86 bits per heavy atom. The molecule has 1 aliphatic heterocycles. The van der Waals surface area contributed by atoms with Crippen molar-refractivity contribution in [2.24, 2.45) is 0 Å². The Hall–Kier alpha value is -0.590. The quantitative estimate of drug-likeness (QED) is 0.831. The minimum absolute atomic E-state index is 0.183. The van der Waals surface area contributed by atoms with Crippen molar-refractivity contribution < 1.29 is 9.53 Å². The highest BCUT2D eigenvalue weighted by molar-refractivity contribution is 9.11. The van der Waals surface area contributed by atoms with Gasteiger partial charge < -0.3 is 15.0 Å². The number of nitrogens with zero attached hydrogens (tertiary/aromatic N) is 1. The van der Waals surface area contributed by atoms with E-state index in [9.17, 15) is 4.79 Å². The summed E-state index contributed by atoms with van der Waals surface area (Å²) < 4.78 is 6.68. The molecule has 4 nitrogen and oxygen atoms in total. The third kappa shape index (κ3) is 5.56. The number of rotatable bonds is 4. The van der Waals surface area contributed by atoms with Crippen molar-refractivity contribution in [3.63, 3.8) is 0 Å². The Morgan fingerprint density at radius 1 is 1.45 bits per heavy atom. The van der Waals surface area contributed by atoms with Gasteiger partial charge in [-0.15, -0.1) is 11.3 Å². The Morgan fingerprint density at radius 2 is 2.23 bits per heavy atom. The summed E-state index contributed by atoms with van der Waals surface area (Å²) in [4.78, 5) is 15.5. The van der Waals surface area contributed by atoms with Gasteiger partial charge in [0.15, 0.2) is 0 Å². The van der Waals surface area contributed by atoms with E-state index in [0.717, 1.165) is 36.3 Å². The standard InChI is InChI=1S/C16H25BrN2O2S/c1-16(2,3)21-15(20)19-9-5-4-6-12(19)10-18-11-13-7-8-14(17)22-13/h7-8,12,18H,4-6,9-11H2,1-3H3. The van der Waals surface area contributed by atoms with Gasteiger partial charge in [-0.2, -0.15) is 0 Å². The van der Waals surface area contributed by atoms with E-state index in [2.05, 4.69) is 33.4 Å². The highest BCUT2D eigenvalue weighted by Crippen LogP contribution is 2.23. The molecular weight excluding hydrogens is 364 g/mol. The molecule has 0 spiro atoms. The lowest BCUT2D eigenvalue weighted by molar-refractivity contribution is 0.00994. The monoisotopic (exact) mass is 388 g/mol. The zero-order valence-electron chi connectivity index (χ0n) is 13.5. The first-order valence-corrected chi connectivity index (χ1v) is 9.40. The molecular formula is C16H25BrN2O2S. The first-order valence-electron chi connectivity index (χ1n) is 7.80. The average molecular weight is 389 g/mol. The fraction of sp³-hybridized carbons (Fsp3) is 0.688. The smallest absolute Gasteiger partial charge is 0.410 e. The maximum atomic E-state index is 12.3. The van der Waals surface area contributed by atoms with Crippen LogP contribution in [0.1, 0.15) is 44.9 Å². The van der Waals surface area contributed by atoms with Crippen LogP contribution >= 0.6 is 27.3 Å². The molecule has 124 valence electrons. The van der Waals surface area contributed by atoms with Crippen LogP contribution < -0.4 is 5.32 Å². The van der Waals surface area contributed by atoms with E-state index in [-0.39, 0.29) is 12.1 Å². The molecule has 0 aliphatic carbocycles. The van der Waals surface area contributed by atoms with Crippen LogP contribution in [-0.2, 0) is 11.3 Å². The molecule has 2 rings (SSSR count). The van der Waals surface area contributed by atoms with E-state index in [1.807, 2.05) is 25.7 Å². The number of halogens is 1. The Kier molecular flexibility index (Phi) is 6.29. The Labute approximate surface area is 145 Å². The minimum atomic E-state index is -0.435. The van der Waals surface area contributed by atoms with E-state index < -0.39 is 5.60 Å². The lowest BCUT2D eigenvalue weighted by Crippen LogP contribution is -2.50. The first-order chi connectivity index (χ1) is 10.3. The molecule has 0 bridgehead atoms. The van der Waals surface area contributed by atoms with Gasteiger partial charge in [0.05, 0.1) is 3.79 Å². The Balaban J connectivity index is 1.85. The number of nitrogens with one attached hydrogen (secondary N) is 1. The lowest BCUT2D eigenvalue weighted by atomic mass is 10.0. The number of amides is 1. The molecule has 2 heterocycles. The summed E-state index contributed by atoms with van der Waals surface area (Å²) in [6.45, 7) is 8.19. The van der Waals surface area contributed by atoms with Crippen LogP contribution in [0.4, 0.5) is 4.79 Å². The number of thiophene rings is 1. The zero-order valence-corrected chi connectivity index (χ0v) is 15.9. The SMILES string of the molecule is CC(C)(C)OC(=O)N1CCCCC1CNCc1ccc(Br)s1. The number of hydrogen-bond donors (Lipinski definition) is 1. The third-order valence-electron chi connectivity index (χ3n) is 3.56. The van der Waals surface area contributed by atoms with Crippen molar-refractivity contribution in [2.45, 2.75) is 58.2 Å². The van der Waals surface area contributed by atoms with E-state index in [1.165, 1.54) is 11.3 Å². The number of hydrogen-bond acceptors (Lipinski definition) is 4. The van der Waals surface area contributed by atoms with Crippen molar-refractivity contribution in [2.75, 3.05) is 13.1 Å². The average Bonchev–Trinajstić information content (AvgIpc) is 2.83. The van der Waals surface area contributed by atoms with Gasteiger partial charge in [0, 0.05) is 30.6 Å². The Bertz CT molecular complexity index is 499. The summed E-state index contributed by atoms with van der Waals surface area (Å²) in [5, 5.41) is 3.47. The predicted molar refractivity (Wildman–Crippen MR) is 94.3 cm³/mol. The molecule has 6 heteroatoms. The van der Waals surface area contributed by atoms with Crippen LogP contribution in [0.5, 0.6) is 0 Å².